The second kappa shape index (κ2) is 10.6. The van der Waals surface area contributed by atoms with Crippen LogP contribution in [-0.4, -0.2) is 18.3 Å². The van der Waals surface area contributed by atoms with Crippen LogP contribution < -0.4 is 0 Å². The second-order valence-corrected chi connectivity index (χ2v) is 4.06. The Labute approximate surface area is 91.1 Å². The molecular formula is C11H20O2S. The lowest BCUT2D eigenvalue weighted by molar-refractivity contribution is -0.137. The van der Waals surface area contributed by atoms with Gasteiger partial charge < -0.3 is 4.74 Å². The number of rotatable bonds is 8. The standard InChI is InChI=1S/C11H20O2S/c1-3-5-8-13-11(12)7-10-14-9-6-4-2/h7,10H,3-6,8-9H2,1-2H3/b10-7+. The average molecular weight is 216 g/mol. The summed E-state index contributed by atoms with van der Waals surface area (Å²) in [5.41, 5.74) is 0. The molecule has 0 amide bonds. The molecule has 3 heteroatoms. The Morgan fingerprint density at radius 1 is 1.29 bits per heavy atom. The van der Waals surface area contributed by atoms with E-state index in [0.29, 0.717) is 6.61 Å². The van der Waals surface area contributed by atoms with E-state index in [1.54, 1.807) is 11.8 Å². The molecule has 0 rings (SSSR count). The molecule has 0 atom stereocenters. The van der Waals surface area contributed by atoms with Gasteiger partial charge in [0.05, 0.1) is 6.61 Å². The first-order valence-corrected chi connectivity index (χ1v) is 6.31. The lowest BCUT2D eigenvalue weighted by atomic mass is 10.4. The molecule has 0 heterocycles. The molecule has 82 valence electrons. The Morgan fingerprint density at radius 3 is 2.64 bits per heavy atom. The summed E-state index contributed by atoms with van der Waals surface area (Å²) >= 11 is 1.66. The monoisotopic (exact) mass is 216 g/mol. The van der Waals surface area contributed by atoms with Crippen LogP contribution in [0.1, 0.15) is 39.5 Å². The lowest BCUT2D eigenvalue weighted by Gasteiger charge is -1.98. The van der Waals surface area contributed by atoms with Gasteiger partial charge in [0.1, 0.15) is 0 Å². The fourth-order valence-corrected chi connectivity index (χ4v) is 1.56. The normalized spacial score (nSPS) is 10.7. The quantitative estimate of drug-likeness (QED) is 0.353. The first-order chi connectivity index (χ1) is 6.81. The molecule has 0 aliphatic carbocycles. The highest BCUT2D eigenvalue weighted by Crippen LogP contribution is 2.05. The molecule has 0 aromatic heterocycles. The summed E-state index contributed by atoms with van der Waals surface area (Å²) < 4.78 is 4.95. The zero-order chi connectivity index (χ0) is 10.6. The Kier molecular flexibility index (Phi) is 10.3. The molecule has 0 N–H and O–H groups in total. The van der Waals surface area contributed by atoms with Gasteiger partial charge in [0.2, 0.25) is 0 Å². The van der Waals surface area contributed by atoms with Gasteiger partial charge in [-0.2, -0.15) is 0 Å². The molecular weight excluding hydrogens is 196 g/mol. The number of unbranched alkanes of at least 4 members (excludes halogenated alkanes) is 2. The number of esters is 1. The van der Waals surface area contributed by atoms with Gasteiger partial charge in [-0.3, -0.25) is 0 Å². The Morgan fingerprint density at radius 2 is 2.00 bits per heavy atom. The van der Waals surface area contributed by atoms with Gasteiger partial charge in [-0.05, 0) is 24.0 Å². The third-order valence-corrected chi connectivity index (χ3v) is 2.51. The van der Waals surface area contributed by atoms with Gasteiger partial charge in [0.25, 0.3) is 0 Å². The lowest BCUT2D eigenvalue weighted by Crippen LogP contribution is -2.01. The van der Waals surface area contributed by atoms with Crippen LogP contribution in [0.5, 0.6) is 0 Å². The number of hydrogen-bond donors (Lipinski definition) is 0. The van der Waals surface area contributed by atoms with Crippen LogP contribution in [0.15, 0.2) is 11.5 Å². The maximum Gasteiger partial charge on any atom is 0.331 e. The Hall–Kier alpha value is -0.440. The zero-order valence-electron chi connectivity index (χ0n) is 9.12. The molecule has 0 aromatic rings. The predicted octanol–water partition coefficient (Wildman–Crippen LogP) is 3.38. The highest BCUT2D eigenvalue weighted by atomic mass is 32.2. The van der Waals surface area contributed by atoms with Crippen molar-refractivity contribution in [1.29, 1.82) is 0 Å². The van der Waals surface area contributed by atoms with Crippen LogP contribution in [0.3, 0.4) is 0 Å². The zero-order valence-corrected chi connectivity index (χ0v) is 9.94. The van der Waals surface area contributed by atoms with Crippen molar-refractivity contribution < 1.29 is 9.53 Å². The number of thioether (sulfide) groups is 1. The Bertz CT molecular complexity index is 167. The topological polar surface area (TPSA) is 26.3 Å². The third-order valence-electron chi connectivity index (χ3n) is 1.66. The summed E-state index contributed by atoms with van der Waals surface area (Å²) in [6.07, 6.45) is 5.91. The molecule has 0 aliphatic heterocycles. The van der Waals surface area contributed by atoms with E-state index < -0.39 is 0 Å². The molecule has 0 fully saturated rings. The van der Waals surface area contributed by atoms with E-state index in [-0.39, 0.29) is 5.97 Å². The van der Waals surface area contributed by atoms with E-state index in [4.69, 9.17) is 4.74 Å². The van der Waals surface area contributed by atoms with Crippen LogP contribution >= 0.6 is 11.8 Å². The van der Waals surface area contributed by atoms with Crippen molar-refractivity contribution in [2.24, 2.45) is 0 Å². The van der Waals surface area contributed by atoms with E-state index in [1.165, 1.54) is 18.9 Å². The minimum absolute atomic E-state index is 0.220. The second-order valence-electron chi connectivity index (χ2n) is 3.05. The van der Waals surface area contributed by atoms with Crippen molar-refractivity contribution in [3.63, 3.8) is 0 Å². The predicted molar refractivity (Wildman–Crippen MR) is 62.4 cm³/mol. The highest BCUT2D eigenvalue weighted by Gasteiger charge is 1.94. The molecule has 2 nitrogen and oxygen atoms in total. The van der Waals surface area contributed by atoms with Crippen molar-refractivity contribution in [2.45, 2.75) is 39.5 Å². The first-order valence-electron chi connectivity index (χ1n) is 5.26. The highest BCUT2D eigenvalue weighted by molar-refractivity contribution is 8.02. The van der Waals surface area contributed by atoms with Crippen LogP contribution in [0.4, 0.5) is 0 Å². The van der Waals surface area contributed by atoms with E-state index in [0.717, 1.165) is 18.6 Å². The Balaban J connectivity index is 3.32. The maximum atomic E-state index is 11.0. The smallest absolute Gasteiger partial charge is 0.331 e. The summed E-state index contributed by atoms with van der Waals surface area (Å²) in [6, 6.07) is 0. The van der Waals surface area contributed by atoms with Gasteiger partial charge in [-0.1, -0.05) is 26.7 Å². The molecule has 0 aromatic carbocycles. The van der Waals surface area contributed by atoms with Gasteiger partial charge in [0.15, 0.2) is 0 Å². The third kappa shape index (κ3) is 9.65. The summed E-state index contributed by atoms with van der Waals surface area (Å²) in [6.45, 7) is 4.77. The van der Waals surface area contributed by atoms with Crippen LogP contribution in [0.25, 0.3) is 0 Å². The average Bonchev–Trinajstić information content (AvgIpc) is 2.18. The van der Waals surface area contributed by atoms with E-state index in [1.807, 2.05) is 5.41 Å². The molecule has 0 unspecified atom stereocenters. The first kappa shape index (κ1) is 13.6. The molecule has 0 saturated carbocycles. The van der Waals surface area contributed by atoms with E-state index in [2.05, 4.69) is 13.8 Å². The molecule has 0 radical (unpaired) electrons. The molecule has 0 spiro atoms. The largest absolute Gasteiger partial charge is 0.463 e. The number of hydrogen-bond acceptors (Lipinski definition) is 3. The number of ether oxygens (including phenoxy) is 1. The SMILES string of the molecule is CCCCOC(=O)/C=C/SCCCC. The van der Waals surface area contributed by atoms with Crippen LogP contribution in [0.2, 0.25) is 0 Å². The van der Waals surface area contributed by atoms with Crippen molar-refractivity contribution >= 4 is 17.7 Å². The molecule has 14 heavy (non-hydrogen) atoms. The minimum Gasteiger partial charge on any atom is -0.463 e. The van der Waals surface area contributed by atoms with Gasteiger partial charge >= 0.3 is 5.97 Å². The van der Waals surface area contributed by atoms with Gasteiger partial charge in [0, 0.05) is 6.08 Å². The fraction of sp³-hybridized carbons (Fsp3) is 0.727. The summed E-state index contributed by atoms with van der Waals surface area (Å²) in [5, 5.41) is 1.82. The van der Waals surface area contributed by atoms with E-state index in [9.17, 15) is 4.79 Å². The molecule has 0 aliphatic rings. The van der Waals surface area contributed by atoms with Crippen LogP contribution in [-0.2, 0) is 9.53 Å². The fourth-order valence-electron chi connectivity index (χ4n) is 0.765. The summed E-state index contributed by atoms with van der Waals surface area (Å²) in [7, 11) is 0. The molecule has 0 bridgehead atoms. The van der Waals surface area contributed by atoms with Crippen molar-refractivity contribution in [1.82, 2.24) is 0 Å². The summed E-state index contributed by atoms with van der Waals surface area (Å²) in [5.74, 6) is 0.859. The van der Waals surface area contributed by atoms with Crippen LogP contribution in [0, 0.1) is 0 Å². The van der Waals surface area contributed by atoms with E-state index >= 15 is 0 Å². The van der Waals surface area contributed by atoms with Gasteiger partial charge in [-0.15, -0.1) is 11.8 Å². The minimum atomic E-state index is -0.220. The van der Waals surface area contributed by atoms with Crippen molar-refractivity contribution in [2.75, 3.05) is 12.4 Å². The van der Waals surface area contributed by atoms with Gasteiger partial charge in [-0.25, -0.2) is 4.79 Å². The maximum absolute atomic E-state index is 11.0. The number of carbonyl (C=O) groups excluding carboxylic acids is 1. The summed E-state index contributed by atoms with van der Waals surface area (Å²) in [4.78, 5) is 11.0. The number of carbonyl (C=O) groups is 1. The van der Waals surface area contributed by atoms with Crippen molar-refractivity contribution in [3.8, 4) is 0 Å². The van der Waals surface area contributed by atoms with Crippen molar-refractivity contribution in [3.05, 3.63) is 11.5 Å². The molecule has 0 saturated heterocycles.